The van der Waals surface area contributed by atoms with Crippen LogP contribution in [0.4, 0.5) is 5.69 Å². The largest absolute Gasteiger partial charge is 0.378 e. The number of amides is 1. The van der Waals surface area contributed by atoms with Gasteiger partial charge < -0.3 is 4.90 Å². The molecule has 2 heterocycles. The number of carbonyl (C=O) groups excluding carboxylic acids is 1. The average Bonchev–Trinajstić information content (AvgIpc) is 2.74. The van der Waals surface area contributed by atoms with Gasteiger partial charge in [0.05, 0.1) is 5.52 Å². The number of benzene rings is 1. The number of pyridine rings is 1. The third kappa shape index (κ3) is 2.45. The molecule has 22 heavy (non-hydrogen) atoms. The molecular weight excluding hydrogens is 276 g/mol. The maximum absolute atomic E-state index is 12.0. The van der Waals surface area contributed by atoms with Crippen molar-refractivity contribution < 1.29 is 4.79 Å². The molecule has 1 aliphatic heterocycles. The molecule has 0 saturated heterocycles. The van der Waals surface area contributed by atoms with Crippen molar-refractivity contribution in [1.29, 1.82) is 0 Å². The number of aromatic nitrogens is 1. The second-order valence-electron chi connectivity index (χ2n) is 5.59. The molecule has 1 aliphatic rings. The van der Waals surface area contributed by atoms with E-state index in [2.05, 4.69) is 16.0 Å². The Morgan fingerprint density at radius 1 is 1.23 bits per heavy atom. The van der Waals surface area contributed by atoms with E-state index in [1.54, 1.807) is 24.2 Å². The molecule has 0 radical (unpaired) electrons. The van der Waals surface area contributed by atoms with Crippen LogP contribution in [0.1, 0.15) is 12.5 Å². The minimum absolute atomic E-state index is 0.0828. The molecule has 0 fully saturated rings. The van der Waals surface area contributed by atoms with Crippen LogP contribution in [0.2, 0.25) is 0 Å². The zero-order chi connectivity index (χ0) is 15.9. The van der Waals surface area contributed by atoms with E-state index in [-0.39, 0.29) is 5.91 Å². The van der Waals surface area contributed by atoms with Crippen molar-refractivity contribution >= 4 is 34.4 Å². The summed E-state index contributed by atoms with van der Waals surface area (Å²) in [5.74, 6) is 0.626. The molecule has 0 saturated carbocycles. The Hall–Kier alpha value is -2.69. The zero-order valence-corrected chi connectivity index (χ0v) is 13.2. The summed E-state index contributed by atoms with van der Waals surface area (Å²) in [6.07, 6.45) is 3.55. The molecule has 1 aromatic heterocycles. The number of amidine groups is 1. The molecule has 0 aliphatic carbocycles. The van der Waals surface area contributed by atoms with Crippen molar-refractivity contribution in [3.8, 4) is 0 Å². The number of fused-ring (bicyclic) bond motifs is 1. The topological polar surface area (TPSA) is 48.8 Å². The van der Waals surface area contributed by atoms with E-state index in [4.69, 9.17) is 0 Å². The van der Waals surface area contributed by atoms with Gasteiger partial charge in [0.1, 0.15) is 11.5 Å². The van der Waals surface area contributed by atoms with E-state index >= 15 is 0 Å². The van der Waals surface area contributed by atoms with Crippen molar-refractivity contribution in [2.45, 2.75) is 6.92 Å². The highest BCUT2D eigenvalue weighted by molar-refractivity contribution is 6.13. The normalized spacial score (nSPS) is 16.5. The highest BCUT2D eigenvalue weighted by Crippen LogP contribution is 2.22. The van der Waals surface area contributed by atoms with Crippen LogP contribution in [0.25, 0.3) is 17.0 Å². The van der Waals surface area contributed by atoms with Gasteiger partial charge in [-0.25, -0.2) is 4.99 Å². The van der Waals surface area contributed by atoms with Gasteiger partial charge in [-0.15, -0.1) is 0 Å². The number of likely N-dealkylation sites (N-methyl/N-ethyl adjacent to an activating group) is 1. The molecule has 5 nitrogen and oxygen atoms in total. The number of rotatable bonds is 2. The molecule has 2 aromatic rings. The van der Waals surface area contributed by atoms with Gasteiger partial charge in [-0.1, -0.05) is 6.07 Å². The smallest absolute Gasteiger partial charge is 0.277 e. The lowest BCUT2D eigenvalue weighted by atomic mass is 10.1. The fourth-order valence-electron chi connectivity index (χ4n) is 2.35. The zero-order valence-electron chi connectivity index (χ0n) is 13.2. The van der Waals surface area contributed by atoms with Crippen molar-refractivity contribution in [1.82, 2.24) is 9.88 Å². The maximum Gasteiger partial charge on any atom is 0.277 e. The molecule has 0 bridgehead atoms. The number of hydrogen-bond acceptors (Lipinski definition) is 4. The summed E-state index contributed by atoms with van der Waals surface area (Å²) in [6, 6.07) is 8.16. The fourth-order valence-corrected chi connectivity index (χ4v) is 2.35. The van der Waals surface area contributed by atoms with Crippen LogP contribution in [-0.2, 0) is 4.79 Å². The van der Waals surface area contributed by atoms with E-state index in [1.807, 2.05) is 44.1 Å². The van der Waals surface area contributed by atoms with E-state index in [9.17, 15) is 4.79 Å². The van der Waals surface area contributed by atoms with Gasteiger partial charge in [0.2, 0.25) is 0 Å². The molecule has 3 rings (SSSR count). The number of carbonyl (C=O) groups is 1. The van der Waals surface area contributed by atoms with Crippen LogP contribution >= 0.6 is 0 Å². The van der Waals surface area contributed by atoms with Crippen molar-refractivity contribution in [3.05, 3.63) is 41.7 Å². The lowest BCUT2D eigenvalue weighted by Gasteiger charge is -2.12. The Kier molecular flexibility index (Phi) is 3.41. The standard InChI is InChI=1S/C17H18N4O/c1-11-19-16(17(22)21(11)4)8-12-7-13-5-6-14(20(2)3)9-15(13)18-10-12/h5-10H,1-4H3/b16-8-. The lowest BCUT2D eigenvalue weighted by Crippen LogP contribution is -2.25. The van der Waals surface area contributed by atoms with Gasteiger partial charge in [0, 0.05) is 38.4 Å². The Bertz CT molecular complexity index is 821. The Morgan fingerprint density at radius 3 is 2.64 bits per heavy atom. The van der Waals surface area contributed by atoms with Crippen molar-refractivity contribution in [2.75, 3.05) is 26.0 Å². The average molecular weight is 294 g/mol. The molecule has 1 amide bonds. The first kappa shape index (κ1) is 14.3. The van der Waals surface area contributed by atoms with Gasteiger partial charge in [-0.05, 0) is 36.8 Å². The summed E-state index contributed by atoms with van der Waals surface area (Å²) in [5, 5.41) is 1.04. The van der Waals surface area contributed by atoms with Crippen LogP contribution in [0.5, 0.6) is 0 Å². The molecular formula is C17H18N4O. The maximum atomic E-state index is 12.0. The second-order valence-corrected chi connectivity index (χ2v) is 5.59. The van der Waals surface area contributed by atoms with Crippen LogP contribution < -0.4 is 4.90 Å². The molecule has 0 atom stereocenters. The number of hydrogen-bond donors (Lipinski definition) is 0. The van der Waals surface area contributed by atoms with E-state index < -0.39 is 0 Å². The number of aliphatic imine (C=N–C) groups is 1. The van der Waals surface area contributed by atoms with Crippen LogP contribution in [0.15, 0.2) is 41.2 Å². The molecule has 0 unspecified atom stereocenters. The van der Waals surface area contributed by atoms with Crippen molar-refractivity contribution in [2.24, 2.45) is 4.99 Å². The first-order valence-corrected chi connectivity index (χ1v) is 7.08. The molecule has 112 valence electrons. The summed E-state index contributed by atoms with van der Waals surface area (Å²) < 4.78 is 0. The molecule has 1 aromatic carbocycles. The third-order valence-electron chi connectivity index (χ3n) is 3.80. The van der Waals surface area contributed by atoms with Gasteiger partial charge >= 0.3 is 0 Å². The van der Waals surface area contributed by atoms with E-state index in [0.29, 0.717) is 11.5 Å². The quantitative estimate of drug-likeness (QED) is 0.800. The summed E-state index contributed by atoms with van der Waals surface area (Å²) in [5.41, 5.74) is 3.37. The molecule has 0 N–H and O–H groups in total. The van der Waals surface area contributed by atoms with Crippen LogP contribution in [0, 0.1) is 0 Å². The van der Waals surface area contributed by atoms with Crippen LogP contribution in [-0.4, -0.2) is 42.8 Å². The number of anilines is 1. The predicted molar refractivity (Wildman–Crippen MR) is 89.9 cm³/mol. The van der Waals surface area contributed by atoms with E-state index in [0.717, 1.165) is 22.2 Å². The summed E-state index contributed by atoms with van der Waals surface area (Å²) in [4.78, 5) is 24.4. The van der Waals surface area contributed by atoms with Crippen molar-refractivity contribution in [3.63, 3.8) is 0 Å². The first-order valence-electron chi connectivity index (χ1n) is 7.08. The van der Waals surface area contributed by atoms with Gasteiger partial charge in [0.25, 0.3) is 5.91 Å². The monoisotopic (exact) mass is 294 g/mol. The number of nitrogens with zero attached hydrogens (tertiary/aromatic N) is 4. The third-order valence-corrected chi connectivity index (χ3v) is 3.80. The van der Waals surface area contributed by atoms with Gasteiger partial charge in [-0.3, -0.25) is 14.7 Å². The summed E-state index contributed by atoms with van der Waals surface area (Å²) in [6.45, 7) is 1.82. The highest BCUT2D eigenvalue weighted by atomic mass is 16.2. The Balaban J connectivity index is 2.00. The minimum Gasteiger partial charge on any atom is -0.378 e. The van der Waals surface area contributed by atoms with Gasteiger partial charge in [0.15, 0.2) is 0 Å². The summed E-state index contributed by atoms with van der Waals surface area (Å²) in [7, 11) is 5.73. The first-order chi connectivity index (χ1) is 10.5. The molecule has 5 heteroatoms. The van der Waals surface area contributed by atoms with Gasteiger partial charge in [-0.2, -0.15) is 0 Å². The fraction of sp³-hybridized carbons (Fsp3) is 0.235. The predicted octanol–water partition coefficient (Wildman–Crippen LogP) is 2.53. The lowest BCUT2D eigenvalue weighted by molar-refractivity contribution is -0.121. The Morgan fingerprint density at radius 2 is 2.00 bits per heavy atom. The van der Waals surface area contributed by atoms with E-state index in [1.165, 1.54) is 0 Å². The minimum atomic E-state index is -0.0828. The highest BCUT2D eigenvalue weighted by Gasteiger charge is 2.23. The molecule has 0 spiro atoms. The second kappa shape index (κ2) is 5.26. The summed E-state index contributed by atoms with van der Waals surface area (Å²) >= 11 is 0. The Labute approximate surface area is 129 Å². The van der Waals surface area contributed by atoms with Crippen LogP contribution in [0.3, 0.4) is 0 Å². The SMILES string of the molecule is CC1=N/C(=C\c2cnc3cc(N(C)C)ccc3c2)C(=O)N1C.